The lowest BCUT2D eigenvalue weighted by atomic mass is 10.2. The number of aromatic nitrogens is 1. The molecule has 7 nitrogen and oxygen atoms in total. The number of nitrogens with two attached hydrogens (primary N) is 1. The van der Waals surface area contributed by atoms with Crippen molar-refractivity contribution in [3.05, 3.63) is 24.0 Å². The summed E-state index contributed by atoms with van der Waals surface area (Å²) in [4.78, 5) is 25.7. The Kier molecular flexibility index (Phi) is 5.06. The fourth-order valence-corrected chi connectivity index (χ4v) is 1.35. The molecule has 1 unspecified atom stereocenters. The zero-order chi connectivity index (χ0) is 13.5. The number of carboxylic acid groups (broad SMARTS) is 1. The molecule has 0 aromatic carbocycles. The van der Waals surface area contributed by atoms with Gasteiger partial charge in [0, 0.05) is 32.0 Å². The molecule has 0 saturated carbocycles. The van der Waals surface area contributed by atoms with Gasteiger partial charge in [-0.15, -0.1) is 0 Å². The molecule has 4 N–H and O–H groups in total. The van der Waals surface area contributed by atoms with Crippen LogP contribution in [0.4, 0.5) is 5.69 Å². The number of primary amides is 1. The summed E-state index contributed by atoms with van der Waals surface area (Å²) < 4.78 is 4.83. The van der Waals surface area contributed by atoms with E-state index in [9.17, 15) is 9.59 Å². The van der Waals surface area contributed by atoms with Crippen LogP contribution in [0.3, 0.4) is 0 Å². The zero-order valence-electron chi connectivity index (χ0n) is 9.92. The third-order valence-corrected chi connectivity index (χ3v) is 2.26. The Morgan fingerprint density at radius 1 is 1.61 bits per heavy atom. The van der Waals surface area contributed by atoms with E-state index in [0.717, 1.165) is 0 Å². The number of carbonyl (C=O) groups is 2. The number of amides is 1. The molecule has 1 rings (SSSR count). The number of carboxylic acids is 1. The Morgan fingerprint density at radius 2 is 2.33 bits per heavy atom. The highest BCUT2D eigenvalue weighted by Crippen LogP contribution is 2.11. The second-order valence-corrected chi connectivity index (χ2v) is 3.61. The zero-order valence-corrected chi connectivity index (χ0v) is 9.92. The summed E-state index contributed by atoms with van der Waals surface area (Å²) in [7, 11) is 1.50. The number of pyridine rings is 1. The molecule has 0 fully saturated rings. The number of aliphatic carboxylic acids is 1. The Balaban J connectivity index is 2.77. The van der Waals surface area contributed by atoms with E-state index in [2.05, 4.69) is 10.3 Å². The summed E-state index contributed by atoms with van der Waals surface area (Å²) >= 11 is 0. The second-order valence-electron chi connectivity index (χ2n) is 3.61. The van der Waals surface area contributed by atoms with Gasteiger partial charge in [-0.3, -0.25) is 9.78 Å². The van der Waals surface area contributed by atoms with E-state index in [0.29, 0.717) is 18.7 Å². The van der Waals surface area contributed by atoms with Gasteiger partial charge in [-0.25, -0.2) is 4.79 Å². The van der Waals surface area contributed by atoms with Gasteiger partial charge in [0.2, 0.25) is 0 Å². The van der Waals surface area contributed by atoms with Crippen LogP contribution < -0.4 is 11.1 Å². The maximum Gasteiger partial charge on any atom is 0.326 e. The van der Waals surface area contributed by atoms with Crippen molar-refractivity contribution in [2.75, 3.05) is 19.0 Å². The number of hydrogen-bond donors (Lipinski definition) is 3. The van der Waals surface area contributed by atoms with Gasteiger partial charge < -0.3 is 20.9 Å². The number of ether oxygens (including phenoxy) is 1. The summed E-state index contributed by atoms with van der Waals surface area (Å²) in [6.45, 7) is 0.317. The van der Waals surface area contributed by atoms with E-state index in [1.54, 1.807) is 6.07 Å². The third-order valence-electron chi connectivity index (χ3n) is 2.26. The molecule has 1 heterocycles. The van der Waals surface area contributed by atoms with Gasteiger partial charge in [0.05, 0.1) is 0 Å². The number of hydrogen-bond acceptors (Lipinski definition) is 5. The van der Waals surface area contributed by atoms with Crippen molar-refractivity contribution < 1.29 is 19.4 Å². The van der Waals surface area contributed by atoms with Crippen LogP contribution in [0.5, 0.6) is 0 Å². The lowest BCUT2D eigenvalue weighted by Crippen LogP contribution is -2.30. The van der Waals surface area contributed by atoms with Crippen molar-refractivity contribution in [2.24, 2.45) is 5.73 Å². The second kappa shape index (κ2) is 6.55. The van der Waals surface area contributed by atoms with Crippen molar-refractivity contribution in [3.8, 4) is 0 Å². The maximum atomic E-state index is 11.0. The molecule has 1 amide bonds. The first-order chi connectivity index (χ1) is 8.54. The Hall–Kier alpha value is -2.15. The topological polar surface area (TPSA) is 115 Å². The first-order valence-corrected chi connectivity index (χ1v) is 5.28. The summed E-state index contributed by atoms with van der Waals surface area (Å²) in [5.74, 6) is -1.66. The molecule has 1 aromatic rings. The first kappa shape index (κ1) is 13.9. The minimum atomic E-state index is -0.996. The van der Waals surface area contributed by atoms with E-state index in [-0.39, 0.29) is 5.69 Å². The summed E-state index contributed by atoms with van der Waals surface area (Å²) in [5, 5.41) is 11.8. The van der Waals surface area contributed by atoms with E-state index in [1.165, 1.54) is 19.4 Å². The quantitative estimate of drug-likeness (QED) is 0.634. The molecular formula is C11H15N3O4. The number of nitrogens with one attached hydrogen (secondary N) is 1. The minimum Gasteiger partial charge on any atom is -0.480 e. The number of rotatable bonds is 7. The number of methoxy groups -OCH3 is 1. The van der Waals surface area contributed by atoms with Gasteiger partial charge in [0.25, 0.3) is 5.91 Å². The van der Waals surface area contributed by atoms with Crippen LogP contribution in [0, 0.1) is 0 Å². The van der Waals surface area contributed by atoms with Gasteiger partial charge >= 0.3 is 5.97 Å². The van der Waals surface area contributed by atoms with Crippen LogP contribution in [0.25, 0.3) is 0 Å². The van der Waals surface area contributed by atoms with Crippen LogP contribution in [-0.2, 0) is 9.53 Å². The predicted molar refractivity (Wildman–Crippen MR) is 64.3 cm³/mol. The lowest BCUT2D eigenvalue weighted by molar-refractivity contribution is -0.138. The predicted octanol–water partition coefficient (Wildman–Crippen LogP) is 0.0821. The minimum absolute atomic E-state index is 0.0795. The highest BCUT2D eigenvalue weighted by atomic mass is 16.5. The van der Waals surface area contributed by atoms with Crippen molar-refractivity contribution in [2.45, 2.75) is 12.5 Å². The molecule has 0 saturated heterocycles. The van der Waals surface area contributed by atoms with E-state index >= 15 is 0 Å². The normalized spacial score (nSPS) is 11.8. The molecule has 98 valence electrons. The standard InChI is InChI=1S/C11H15N3O4/c1-18-5-3-8(11(16)17)14-7-2-4-13-9(6-7)10(12)15/h2,4,6,8H,3,5H2,1H3,(H2,12,15)(H,13,14)(H,16,17). The van der Waals surface area contributed by atoms with Gasteiger partial charge in [0.15, 0.2) is 0 Å². The van der Waals surface area contributed by atoms with Crippen molar-refractivity contribution in [3.63, 3.8) is 0 Å². The average Bonchev–Trinajstić information content (AvgIpc) is 2.34. The smallest absolute Gasteiger partial charge is 0.326 e. The highest BCUT2D eigenvalue weighted by Gasteiger charge is 2.17. The SMILES string of the molecule is COCCC(Nc1ccnc(C(N)=O)c1)C(=O)O. The van der Waals surface area contributed by atoms with Crippen molar-refractivity contribution >= 4 is 17.6 Å². The first-order valence-electron chi connectivity index (χ1n) is 5.28. The van der Waals surface area contributed by atoms with Gasteiger partial charge in [-0.05, 0) is 12.1 Å². The van der Waals surface area contributed by atoms with Gasteiger partial charge in [0.1, 0.15) is 11.7 Å². The fourth-order valence-electron chi connectivity index (χ4n) is 1.35. The van der Waals surface area contributed by atoms with Gasteiger partial charge in [-0.2, -0.15) is 0 Å². The van der Waals surface area contributed by atoms with E-state index in [4.69, 9.17) is 15.6 Å². The molecule has 1 aromatic heterocycles. The maximum absolute atomic E-state index is 11.0. The molecule has 0 bridgehead atoms. The molecule has 7 heteroatoms. The summed E-state index contributed by atoms with van der Waals surface area (Å²) in [5.41, 5.74) is 5.64. The Bertz CT molecular complexity index is 436. The van der Waals surface area contributed by atoms with Crippen LogP contribution in [0.2, 0.25) is 0 Å². The summed E-state index contributed by atoms with van der Waals surface area (Å²) in [6.07, 6.45) is 1.69. The van der Waals surface area contributed by atoms with Crippen LogP contribution in [0.15, 0.2) is 18.3 Å². The van der Waals surface area contributed by atoms with E-state index in [1.807, 2.05) is 0 Å². The van der Waals surface area contributed by atoms with Crippen molar-refractivity contribution in [1.29, 1.82) is 0 Å². The molecule has 18 heavy (non-hydrogen) atoms. The molecule has 0 aliphatic rings. The number of nitrogens with zero attached hydrogens (tertiary/aromatic N) is 1. The van der Waals surface area contributed by atoms with E-state index < -0.39 is 17.9 Å². The molecule has 1 atom stereocenters. The molecule has 0 aliphatic carbocycles. The molecule has 0 aliphatic heterocycles. The fraction of sp³-hybridized carbons (Fsp3) is 0.364. The third kappa shape index (κ3) is 4.02. The van der Waals surface area contributed by atoms with Crippen LogP contribution in [-0.4, -0.2) is 41.7 Å². The average molecular weight is 253 g/mol. The van der Waals surface area contributed by atoms with Crippen molar-refractivity contribution in [1.82, 2.24) is 4.98 Å². The van der Waals surface area contributed by atoms with Crippen LogP contribution >= 0.6 is 0 Å². The molecular weight excluding hydrogens is 238 g/mol. The monoisotopic (exact) mass is 253 g/mol. The number of anilines is 1. The lowest BCUT2D eigenvalue weighted by Gasteiger charge is -2.15. The van der Waals surface area contributed by atoms with Gasteiger partial charge in [-0.1, -0.05) is 0 Å². The Morgan fingerprint density at radius 3 is 2.89 bits per heavy atom. The number of carbonyl (C=O) groups excluding carboxylic acids is 1. The summed E-state index contributed by atoms with van der Waals surface area (Å²) in [6, 6.07) is 2.17. The largest absolute Gasteiger partial charge is 0.480 e. The highest BCUT2D eigenvalue weighted by molar-refractivity contribution is 5.91. The molecule has 0 spiro atoms. The van der Waals surface area contributed by atoms with Crippen LogP contribution in [0.1, 0.15) is 16.9 Å². The Labute approximate surface area is 104 Å². The molecule has 0 radical (unpaired) electrons.